The average molecular weight is 485 g/mol. The predicted molar refractivity (Wildman–Crippen MR) is 130 cm³/mol. The molecule has 2 aromatic carbocycles. The van der Waals surface area contributed by atoms with Crippen molar-refractivity contribution >= 4 is 17.3 Å². The topological polar surface area (TPSA) is 81.9 Å². The number of alkyl halides is 2. The molecule has 1 N–H and O–H groups in total. The number of fused-ring (bicyclic) bond motifs is 3. The molecule has 7 nitrogen and oxygen atoms in total. The number of anilines is 1. The summed E-state index contributed by atoms with van der Waals surface area (Å²) >= 11 is 0. The second-order valence-corrected chi connectivity index (χ2v) is 8.85. The minimum absolute atomic E-state index is 0.00996. The lowest BCUT2D eigenvalue weighted by Gasteiger charge is -2.28. The van der Waals surface area contributed by atoms with Crippen LogP contribution in [-0.4, -0.2) is 32.1 Å². The van der Waals surface area contributed by atoms with Gasteiger partial charge in [0.25, 0.3) is 5.95 Å². The van der Waals surface area contributed by atoms with Crippen molar-refractivity contribution in [3.8, 4) is 11.7 Å². The first kappa shape index (κ1) is 22.1. The van der Waals surface area contributed by atoms with Crippen molar-refractivity contribution in [2.75, 3.05) is 5.32 Å². The van der Waals surface area contributed by atoms with Crippen molar-refractivity contribution in [2.45, 2.75) is 33.3 Å². The lowest BCUT2D eigenvalue weighted by molar-refractivity contribution is -0.0504. The van der Waals surface area contributed by atoms with Crippen LogP contribution in [0.2, 0.25) is 0 Å². The zero-order valence-corrected chi connectivity index (χ0v) is 19.7. The van der Waals surface area contributed by atoms with Crippen LogP contribution in [0.3, 0.4) is 0 Å². The summed E-state index contributed by atoms with van der Waals surface area (Å²) in [6, 6.07) is 15.7. The summed E-state index contributed by atoms with van der Waals surface area (Å²) in [6.07, 6.45) is 0. The maximum atomic E-state index is 13.7. The molecule has 0 saturated carbocycles. The Balaban J connectivity index is 1.64. The van der Waals surface area contributed by atoms with Crippen molar-refractivity contribution in [1.82, 2.24) is 19.7 Å². The van der Waals surface area contributed by atoms with Gasteiger partial charge >= 0.3 is 6.61 Å². The van der Waals surface area contributed by atoms with E-state index in [-0.39, 0.29) is 11.5 Å². The Labute approximate surface area is 205 Å². The molecule has 1 aliphatic carbocycles. The first-order chi connectivity index (χ1) is 17.3. The maximum absolute atomic E-state index is 13.7. The van der Waals surface area contributed by atoms with Gasteiger partial charge in [0.15, 0.2) is 5.78 Å². The van der Waals surface area contributed by atoms with E-state index < -0.39 is 12.5 Å². The minimum atomic E-state index is -3.01. The molecule has 0 radical (unpaired) electrons. The molecule has 4 aromatic rings. The second kappa shape index (κ2) is 8.08. The zero-order valence-electron chi connectivity index (χ0n) is 19.7. The van der Waals surface area contributed by atoms with Crippen LogP contribution in [0.25, 0.3) is 11.6 Å². The van der Waals surface area contributed by atoms with Gasteiger partial charge in [-0.2, -0.15) is 18.6 Å². The molecule has 1 atom stereocenters. The molecular formula is C27H21F2N5O2. The number of carbonyl (C=O) groups excluding carboxylic acids is 1. The Hall–Kier alpha value is -4.40. The van der Waals surface area contributed by atoms with Crippen LogP contribution in [0.15, 0.2) is 60.2 Å². The zero-order chi connectivity index (χ0) is 25.1. The highest BCUT2D eigenvalue weighted by Crippen LogP contribution is 2.52. The van der Waals surface area contributed by atoms with Crippen LogP contribution in [0.1, 0.15) is 50.0 Å². The number of rotatable bonds is 4. The number of halogens is 2. The maximum Gasteiger partial charge on any atom is 0.387 e. The number of carbonyl (C=O) groups is 1. The molecule has 9 heteroatoms. The monoisotopic (exact) mass is 485 g/mol. The van der Waals surface area contributed by atoms with E-state index in [0.717, 1.165) is 17.0 Å². The van der Waals surface area contributed by atoms with Gasteiger partial charge < -0.3 is 10.1 Å². The van der Waals surface area contributed by atoms with Gasteiger partial charge in [-0.1, -0.05) is 42.5 Å². The number of benzene rings is 2. The second-order valence-electron chi connectivity index (χ2n) is 8.85. The van der Waals surface area contributed by atoms with Crippen molar-refractivity contribution in [1.29, 1.82) is 0 Å². The summed E-state index contributed by atoms with van der Waals surface area (Å²) in [7, 11) is 0. The number of allylic oxidation sites excluding steroid dienone is 1. The van der Waals surface area contributed by atoms with E-state index in [2.05, 4.69) is 15.3 Å². The van der Waals surface area contributed by atoms with Gasteiger partial charge in [-0.15, -0.1) is 0 Å². The molecule has 0 amide bonds. The average Bonchev–Trinajstić information content (AvgIpc) is 3.32. The fourth-order valence-corrected chi connectivity index (χ4v) is 5.16. The first-order valence-electron chi connectivity index (χ1n) is 11.4. The fraction of sp³-hybridized carbons (Fsp3) is 0.185. The summed E-state index contributed by atoms with van der Waals surface area (Å²) in [5.41, 5.74) is 5.70. The van der Waals surface area contributed by atoms with Crippen LogP contribution >= 0.6 is 0 Å². The molecule has 6 rings (SSSR count). The van der Waals surface area contributed by atoms with E-state index in [9.17, 15) is 13.6 Å². The molecule has 0 bridgehead atoms. The number of aryl methyl sites for hydroxylation is 3. The number of nitrogens with zero attached hydrogens (tertiary/aromatic N) is 4. The number of hydrogen-bond acceptors (Lipinski definition) is 6. The van der Waals surface area contributed by atoms with E-state index in [1.54, 1.807) is 28.9 Å². The predicted octanol–water partition coefficient (Wildman–Crippen LogP) is 5.35. The SMILES string of the molecule is Cc1cc(C)nc(-n2nc(C)c3c2NC2=C(C(=O)c4ccccc42)[C@@H]3c2ccccc2OC(F)F)n1. The number of hydrogen-bond donors (Lipinski definition) is 1. The van der Waals surface area contributed by atoms with Crippen LogP contribution in [0.4, 0.5) is 14.6 Å². The van der Waals surface area contributed by atoms with Crippen molar-refractivity contribution in [2.24, 2.45) is 0 Å². The van der Waals surface area contributed by atoms with Gasteiger partial charge in [-0.25, -0.2) is 9.97 Å². The largest absolute Gasteiger partial charge is 0.435 e. The summed E-state index contributed by atoms with van der Waals surface area (Å²) in [4.78, 5) is 22.8. The Bertz CT molecular complexity index is 1570. The summed E-state index contributed by atoms with van der Waals surface area (Å²) in [5.74, 6) is 0.117. The summed E-state index contributed by atoms with van der Waals surface area (Å²) in [5, 5.41) is 8.14. The molecule has 0 fully saturated rings. The smallest absolute Gasteiger partial charge is 0.387 e. The van der Waals surface area contributed by atoms with Gasteiger partial charge in [-0.05, 0) is 32.9 Å². The molecule has 2 aliphatic rings. The standard InChI is InChI=1S/C27H21F2N5O2/c1-13-12-14(2)31-27(30-13)34-25-20(15(3)33-34)21(18-10-6-7-11-19(18)36-26(28)29)22-23(32-25)16-8-4-5-9-17(16)24(22)35/h4-12,21,26,32H,1-3H3/t21-/m1/s1. The van der Waals surface area contributed by atoms with Crippen LogP contribution < -0.4 is 10.1 Å². The lowest BCUT2D eigenvalue weighted by atomic mass is 9.80. The number of ketones is 1. The van der Waals surface area contributed by atoms with Crippen LogP contribution in [0.5, 0.6) is 5.75 Å². The molecule has 0 spiro atoms. The van der Waals surface area contributed by atoms with Gasteiger partial charge in [0.1, 0.15) is 11.6 Å². The van der Waals surface area contributed by atoms with Crippen LogP contribution in [-0.2, 0) is 0 Å². The van der Waals surface area contributed by atoms with E-state index in [4.69, 9.17) is 9.84 Å². The van der Waals surface area contributed by atoms with Crippen molar-refractivity contribution in [3.63, 3.8) is 0 Å². The molecule has 0 unspecified atom stereocenters. The van der Waals surface area contributed by atoms with Crippen molar-refractivity contribution < 1.29 is 18.3 Å². The quantitative estimate of drug-likeness (QED) is 0.420. The third-order valence-corrected chi connectivity index (χ3v) is 6.49. The fourth-order valence-electron chi connectivity index (χ4n) is 5.16. The molecular weight excluding hydrogens is 464 g/mol. The van der Waals surface area contributed by atoms with Crippen LogP contribution in [0, 0.1) is 20.8 Å². The summed E-state index contributed by atoms with van der Waals surface area (Å²) in [6.45, 7) is 2.56. The normalized spacial score (nSPS) is 16.1. The number of para-hydroxylation sites is 1. The number of ether oxygens (including phenoxy) is 1. The molecule has 180 valence electrons. The van der Waals surface area contributed by atoms with Crippen molar-refractivity contribution in [3.05, 3.63) is 99.5 Å². The lowest BCUT2D eigenvalue weighted by Crippen LogP contribution is -2.21. The first-order valence-corrected chi connectivity index (χ1v) is 11.4. The van der Waals surface area contributed by atoms with E-state index in [1.807, 2.05) is 45.0 Å². The van der Waals surface area contributed by atoms with Gasteiger partial charge in [0.05, 0.1) is 11.4 Å². The molecule has 3 heterocycles. The molecule has 1 aliphatic heterocycles. The highest BCUT2D eigenvalue weighted by Gasteiger charge is 2.44. The molecule has 2 aromatic heterocycles. The number of aromatic nitrogens is 4. The van der Waals surface area contributed by atoms with E-state index in [1.165, 1.54) is 6.07 Å². The Morgan fingerprint density at radius 1 is 0.972 bits per heavy atom. The van der Waals surface area contributed by atoms with E-state index in [0.29, 0.717) is 45.4 Å². The van der Waals surface area contributed by atoms with E-state index >= 15 is 0 Å². The highest BCUT2D eigenvalue weighted by atomic mass is 19.3. The van der Waals surface area contributed by atoms with Gasteiger partial charge in [0.2, 0.25) is 0 Å². The summed E-state index contributed by atoms with van der Waals surface area (Å²) < 4.78 is 33.2. The highest BCUT2D eigenvalue weighted by molar-refractivity contribution is 6.24. The Kier molecular flexibility index (Phi) is 4.96. The number of nitrogens with one attached hydrogen (secondary N) is 1. The minimum Gasteiger partial charge on any atom is -0.435 e. The van der Waals surface area contributed by atoms with Gasteiger partial charge in [-0.3, -0.25) is 4.79 Å². The number of Topliss-reactive ketones (excluding diaryl/α,β-unsaturated/α-hetero) is 1. The third-order valence-electron chi connectivity index (χ3n) is 6.49. The Morgan fingerprint density at radius 3 is 2.36 bits per heavy atom. The Morgan fingerprint density at radius 2 is 1.64 bits per heavy atom. The molecule has 0 saturated heterocycles. The molecule has 36 heavy (non-hydrogen) atoms. The van der Waals surface area contributed by atoms with Gasteiger partial charge in [0, 0.05) is 45.1 Å². The third kappa shape index (κ3) is 3.30.